The first-order valence-electron chi connectivity index (χ1n) is 6.46. The number of aromatic nitrogens is 1. The number of carbonyl (C=O) groups is 1. The second kappa shape index (κ2) is 5.75. The fourth-order valence-corrected chi connectivity index (χ4v) is 2.26. The highest BCUT2D eigenvalue weighted by Gasteiger charge is 2.19. The van der Waals surface area contributed by atoms with Crippen molar-refractivity contribution in [1.29, 1.82) is 0 Å². The van der Waals surface area contributed by atoms with E-state index in [4.69, 9.17) is 4.74 Å². The summed E-state index contributed by atoms with van der Waals surface area (Å²) in [4.78, 5) is 13.4. The van der Waals surface area contributed by atoms with E-state index in [0.717, 1.165) is 11.3 Å². The van der Waals surface area contributed by atoms with Gasteiger partial charge in [0.05, 0.1) is 5.69 Å². The Morgan fingerprint density at radius 1 is 1.15 bits per heavy atom. The van der Waals surface area contributed by atoms with Gasteiger partial charge in [0.15, 0.2) is 0 Å². The summed E-state index contributed by atoms with van der Waals surface area (Å²) in [5.41, 5.74) is 1.34. The Morgan fingerprint density at radius 3 is 2.35 bits per heavy atom. The molecule has 0 aliphatic carbocycles. The van der Waals surface area contributed by atoms with Crippen molar-refractivity contribution in [3.63, 3.8) is 0 Å². The van der Waals surface area contributed by atoms with Crippen molar-refractivity contribution in [2.45, 2.75) is 31.3 Å². The monoisotopic (exact) mass is 289 g/mol. The van der Waals surface area contributed by atoms with Crippen LogP contribution in [0.4, 0.5) is 4.79 Å². The zero-order valence-electron chi connectivity index (χ0n) is 12.2. The highest BCUT2D eigenvalue weighted by atomic mass is 32.2. The van der Waals surface area contributed by atoms with E-state index in [1.165, 1.54) is 4.90 Å². The summed E-state index contributed by atoms with van der Waals surface area (Å²) in [6.07, 6.45) is 3.41. The zero-order valence-corrected chi connectivity index (χ0v) is 13.0. The first kappa shape index (κ1) is 14.7. The predicted molar refractivity (Wildman–Crippen MR) is 83.3 cm³/mol. The lowest BCUT2D eigenvalue weighted by molar-refractivity contribution is 0.0540. The molecule has 106 valence electrons. The van der Waals surface area contributed by atoms with Crippen molar-refractivity contribution in [2.75, 3.05) is 6.26 Å². The molecular weight excluding hydrogens is 270 g/mol. The molecular formula is C16H19NO2S. The van der Waals surface area contributed by atoms with Gasteiger partial charge in [-0.05, 0) is 56.9 Å². The van der Waals surface area contributed by atoms with Crippen LogP contribution < -0.4 is 0 Å². The summed E-state index contributed by atoms with van der Waals surface area (Å²) < 4.78 is 6.95. The van der Waals surface area contributed by atoms with Gasteiger partial charge in [0.2, 0.25) is 0 Å². The quantitative estimate of drug-likeness (QED) is 0.753. The number of carbonyl (C=O) groups excluding carboxylic acids is 1. The van der Waals surface area contributed by atoms with Crippen LogP contribution in [0.3, 0.4) is 0 Å². The lowest BCUT2D eigenvalue weighted by Gasteiger charge is -2.20. The van der Waals surface area contributed by atoms with E-state index in [1.807, 2.05) is 63.4 Å². The SMILES string of the molecule is CSc1ccc(-c2cccn2C(=O)OC(C)(C)C)cc1. The van der Waals surface area contributed by atoms with Gasteiger partial charge in [0, 0.05) is 11.1 Å². The van der Waals surface area contributed by atoms with E-state index in [0.29, 0.717) is 0 Å². The lowest BCUT2D eigenvalue weighted by Crippen LogP contribution is -2.27. The molecule has 0 aliphatic rings. The summed E-state index contributed by atoms with van der Waals surface area (Å²) in [5.74, 6) is 0. The summed E-state index contributed by atoms with van der Waals surface area (Å²) in [5, 5.41) is 0. The van der Waals surface area contributed by atoms with Gasteiger partial charge in [-0.3, -0.25) is 4.57 Å². The van der Waals surface area contributed by atoms with Gasteiger partial charge in [-0.25, -0.2) is 4.79 Å². The Kier molecular flexibility index (Phi) is 4.23. The minimum atomic E-state index is -0.499. The van der Waals surface area contributed by atoms with E-state index >= 15 is 0 Å². The zero-order chi connectivity index (χ0) is 14.8. The predicted octanol–water partition coefficient (Wildman–Crippen LogP) is 4.66. The number of benzene rings is 1. The minimum absolute atomic E-state index is 0.355. The van der Waals surface area contributed by atoms with Crippen molar-refractivity contribution >= 4 is 17.9 Å². The summed E-state index contributed by atoms with van der Waals surface area (Å²) in [7, 11) is 0. The summed E-state index contributed by atoms with van der Waals surface area (Å²) in [6.45, 7) is 5.59. The van der Waals surface area contributed by atoms with Gasteiger partial charge < -0.3 is 4.74 Å². The second-order valence-electron chi connectivity index (χ2n) is 5.47. The molecule has 0 saturated carbocycles. The second-order valence-corrected chi connectivity index (χ2v) is 6.35. The van der Waals surface area contributed by atoms with Crippen molar-refractivity contribution in [3.05, 3.63) is 42.6 Å². The molecule has 0 bridgehead atoms. The molecule has 0 N–H and O–H groups in total. The molecule has 2 aromatic rings. The fraction of sp³-hybridized carbons (Fsp3) is 0.312. The van der Waals surface area contributed by atoms with E-state index in [1.54, 1.807) is 22.5 Å². The first-order chi connectivity index (χ1) is 9.40. The molecule has 3 nitrogen and oxygen atoms in total. The maximum absolute atomic E-state index is 12.2. The molecule has 0 amide bonds. The number of nitrogens with zero attached hydrogens (tertiary/aromatic N) is 1. The fourth-order valence-electron chi connectivity index (χ4n) is 1.85. The number of ether oxygens (including phenoxy) is 1. The molecule has 20 heavy (non-hydrogen) atoms. The summed E-state index contributed by atoms with van der Waals surface area (Å²) >= 11 is 1.69. The number of rotatable bonds is 2. The third kappa shape index (κ3) is 3.45. The molecule has 0 spiro atoms. The van der Waals surface area contributed by atoms with Crippen LogP contribution in [-0.2, 0) is 4.74 Å². The van der Waals surface area contributed by atoms with Crippen molar-refractivity contribution in [3.8, 4) is 11.3 Å². The third-order valence-electron chi connectivity index (χ3n) is 2.72. The molecule has 2 rings (SSSR count). The standard InChI is InChI=1S/C16H19NO2S/c1-16(2,3)19-15(18)17-11-5-6-14(17)12-7-9-13(20-4)10-8-12/h5-11H,1-4H3. The Morgan fingerprint density at radius 2 is 1.80 bits per heavy atom. The third-order valence-corrected chi connectivity index (χ3v) is 3.47. The molecule has 1 aromatic carbocycles. The van der Waals surface area contributed by atoms with Crippen LogP contribution in [0, 0.1) is 0 Å². The lowest BCUT2D eigenvalue weighted by atomic mass is 10.1. The molecule has 0 unspecified atom stereocenters. The Bertz CT molecular complexity index is 594. The molecule has 1 heterocycles. The van der Waals surface area contributed by atoms with Crippen LogP contribution in [0.5, 0.6) is 0 Å². The van der Waals surface area contributed by atoms with Gasteiger partial charge >= 0.3 is 6.09 Å². The number of hydrogen-bond acceptors (Lipinski definition) is 3. The summed E-state index contributed by atoms with van der Waals surface area (Å²) in [6, 6.07) is 11.9. The van der Waals surface area contributed by atoms with Crippen LogP contribution in [0.25, 0.3) is 11.3 Å². The van der Waals surface area contributed by atoms with Crippen LogP contribution in [-0.4, -0.2) is 22.5 Å². The highest BCUT2D eigenvalue weighted by molar-refractivity contribution is 7.98. The average Bonchev–Trinajstić information content (AvgIpc) is 2.86. The molecule has 1 aromatic heterocycles. The normalized spacial score (nSPS) is 11.4. The first-order valence-corrected chi connectivity index (χ1v) is 7.68. The Labute approximate surface area is 123 Å². The maximum atomic E-state index is 12.2. The average molecular weight is 289 g/mol. The number of thioether (sulfide) groups is 1. The topological polar surface area (TPSA) is 31.2 Å². The molecule has 0 radical (unpaired) electrons. The molecule has 0 saturated heterocycles. The Hall–Kier alpha value is -1.68. The van der Waals surface area contributed by atoms with Gasteiger partial charge in [-0.2, -0.15) is 0 Å². The smallest absolute Gasteiger partial charge is 0.418 e. The van der Waals surface area contributed by atoms with Crippen LogP contribution in [0.2, 0.25) is 0 Å². The highest BCUT2D eigenvalue weighted by Crippen LogP contribution is 2.24. The molecule has 0 fully saturated rings. The number of hydrogen-bond donors (Lipinski definition) is 0. The minimum Gasteiger partial charge on any atom is -0.443 e. The van der Waals surface area contributed by atoms with Gasteiger partial charge in [-0.15, -0.1) is 11.8 Å². The molecule has 0 aliphatic heterocycles. The van der Waals surface area contributed by atoms with E-state index < -0.39 is 5.60 Å². The largest absolute Gasteiger partial charge is 0.443 e. The van der Waals surface area contributed by atoms with Crippen molar-refractivity contribution in [1.82, 2.24) is 4.57 Å². The van der Waals surface area contributed by atoms with Crippen LogP contribution in [0.1, 0.15) is 20.8 Å². The molecule has 4 heteroatoms. The van der Waals surface area contributed by atoms with Crippen molar-refractivity contribution < 1.29 is 9.53 Å². The van der Waals surface area contributed by atoms with E-state index in [9.17, 15) is 4.79 Å². The van der Waals surface area contributed by atoms with E-state index in [2.05, 4.69) is 0 Å². The Balaban J connectivity index is 2.30. The maximum Gasteiger partial charge on any atom is 0.418 e. The van der Waals surface area contributed by atoms with Crippen LogP contribution in [0.15, 0.2) is 47.5 Å². The molecule has 0 atom stereocenters. The van der Waals surface area contributed by atoms with Crippen molar-refractivity contribution in [2.24, 2.45) is 0 Å². The van der Waals surface area contributed by atoms with Gasteiger partial charge in [-0.1, -0.05) is 12.1 Å². The van der Waals surface area contributed by atoms with Gasteiger partial charge in [0.25, 0.3) is 0 Å². The van der Waals surface area contributed by atoms with Gasteiger partial charge in [0.1, 0.15) is 5.60 Å². The van der Waals surface area contributed by atoms with Crippen LogP contribution >= 0.6 is 11.8 Å². The van der Waals surface area contributed by atoms with E-state index in [-0.39, 0.29) is 6.09 Å².